The quantitative estimate of drug-likeness (QED) is 0.318. The van der Waals surface area contributed by atoms with Crippen molar-refractivity contribution in [3.05, 3.63) is 96.1 Å². The predicted octanol–water partition coefficient (Wildman–Crippen LogP) is 4.77. The first-order valence-electron chi connectivity index (χ1n) is 9.02. The molecule has 0 saturated carbocycles. The summed E-state index contributed by atoms with van der Waals surface area (Å²) in [5.41, 5.74) is 2.56. The van der Waals surface area contributed by atoms with Gasteiger partial charge in [0.15, 0.2) is 5.78 Å². The third kappa shape index (κ3) is 4.03. The average molecular weight is 419 g/mol. The molecule has 150 valence electrons. The lowest BCUT2D eigenvalue weighted by molar-refractivity contribution is 0.103. The number of anilines is 2. The zero-order chi connectivity index (χ0) is 21.3. The van der Waals surface area contributed by atoms with Gasteiger partial charge in [-0.2, -0.15) is 8.42 Å². The zero-order valence-corrected chi connectivity index (χ0v) is 16.4. The van der Waals surface area contributed by atoms with E-state index in [0.29, 0.717) is 27.6 Å². The molecule has 0 aliphatic carbocycles. The maximum absolute atomic E-state index is 12.5. The summed E-state index contributed by atoms with van der Waals surface area (Å²) in [7, 11) is -4.44. The second kappa shape index (κ2) is 7.62. The van der Waals surface area contributed by atoms with Crippen molar-refractivity contribution in [2.24, 2.45) is 0 Å². The van der Waals surface area contributed by atoms with E-state index in [4.69, 9.17) is 0 Å². The first-order chi connectivity index (χ1) is 14.3. The Labute approximate surface area is 173 Å². The number of benzene rings is 4. The second-order valence-corrected chi connectivity index (χ2v) is 8.17. The molecular formula is C23H17NO5S. The van der Waals surface area contributed by atoms with Crippen LogP contribution >= 0.6 is 0 Å². The molecule has 0 saturated heterocycles. The highest BCUT2D eigenvalue weighted by Gasteiger charge is 2.14. The van der Waals surface area contributed by atoms with Gasteiger partial charge in [-0.05, 0) is 53.9 Å². The molecular weight excluding hydrogens is 402 g/mol. The van der Waals surface area contributed by atoms with E-state index in [-0.39, 0.29) is 16.4 Å². The summed E-state index contributed by atoms with van der Waals surface area (Å²) in [4.78, 5) is 12.1. The number of carbonyl (C=O) groups excluding carboxylic acids is 1. The van der Waals surface area contributed by atoms with E-state index in [1.807, 2.05) is 18.2 Å². The highest BCUT2D eigenvalue weighted by molar-refractivity contribution is 7.85. The minimum Gasteiger partial charge on any atom is -0.507 e. The van der Waals surface area contributed by atoms with E-state index < -0.39 is 10.1 Å². The average Bonchev–Trinajstić information content (AvgIpc) is 2.73. The molecule has 0 aliphatic heterocycles. The molecule has 0 spiro atoms. The molecule has 0 aliphatic rings. The van der Waals surface area contributed by atoms with Gasteiger partial charge in [-0.3, -0.25) is 9.35 Å². The molecule has 0 fully saturated rings. The van der Waals surface area contributed by atoms with Crippen molar-refractivity contribution in [2.75, 3.05) is 5.32 Å². The van der Waals surface area contributed by atoms with E-state index in [1.54, 1.807) is 54.6 Å². The highest BCUT2D eigenvalue weighted by atomic mass is 32.2. The molecule has 0 radical (unpaired) electrons. The lowest BCUT2D eigenvalue weighted by Gasteiger charge is -2.10. The van der Waals surface area contributed by atoms with Gasteiger partial charge in [0.25, 0.3) is 10.1 Å². The summed E-state index contributed by atoms with van der Waals surface area (Å²) in [6, 6.07) is 23.3. The molecule has 6 nitrogen and oxygen atoms in total. The van der Waals surface area contributed by atoms with Crippen LogP contribution in [0.4, 0.5) is 11.4 Å². The van der Waals surface area contributed by atoms with Gasteiger partial charge in [-0.15, -0.1) is 0 Å². The van der Waals surface area contributed by atoms with Gasteiger partial charge in [0.05, 0.1) is 4.90 Å². The van der Waals surface area contributed by atoms with Crippen LogP contribution in [0.3, 0.4) is 0 Å². The van der Waals surface area contributed by atoms with Crippen LogP contribution in [-0.4, -0.2) is 23.9 Å². The summed E-state index contributed by atoms with van der Waals surface area (Å²) in [6.07, 6.45) is 0. The van der Waals surface area contributed by atoms with Crippen molar-refractivity contribution in [1.82, 2.24) is 0 Å². The lowest BCUT2D eigenvalue weighted by Crippen LogP contribution is -2.01. The van der Waals surface area contributed by atoms with Crippen LogP contribution in [-0.2, 0) is 10.1 Å². The minimum absolute atomic E-state index is 0.0685. The van der Waals surface area contributed by atoms with Gasteiger partial charge in [0, 0.05) is 34.0 Å². The molecule has 0 atom stereocenters. The van der Waals surface area contributed by atoms with Gasteiger partial charge >= 0.3 is 0 Å². The maximum Gasteiger partial charge on any atom is 0.294 e. The fourth-order valence-corrected chi connectivity index (χ4v) is 3.71. The van der Waals surface area contributed by atoms with Crippen molar-refractivity contribution in [1.29, 1.82) is 0 Å². The Morgan fingerprint density at radius 3 is 2.07 bits per heavy atom. The molecule has 0 aromatic heterocycles. The molecule has 30 heavy (non-hydrogen) atoms. The number of fused-ring (bicyclic) bond motifs is 1. The zero-order valence-electron chi connectivity index (χ0n) is 15.6. The lowest BCUT2D eigenvalue weighted by atomic mass is 10.0. The fraction of sp³-hybridized carbons (Fsp3) is 0. The number of phenols is 1. The smallest absolute Gasteiger partial charge is 0.294 e. The predicted molar refractivity (Wildman–Crippen MR) is 115 cm³/mol. The van der Waals surface area contributed by atoms with Gasteiger partial charge in [0.2, 0.25) is 0 Å². The van der Waals surface area contributed by atoms with Crippen LogP contribution in [0.15, 0.2) is 89.8 Å². The number of carbonyl (C=O) groups is 1. The van der Waals surface area contributed by atoms with Gasteiger partial charge in [0.1, 0.15) is 5.75 Å². The molecule has 0 amide bonds. The first-order valence-corrected chi connectivity index (χ1v) is 10.5. The Morgan fingerprint density at radius 2 is 1.40 bits per heavy atom. The first kappa shape index (κ1) is 19.6. The Balaban J connectivity index is 1.60. The highest BCUT2D eigenvalue weighted by Crippen LogP contribution is 2.31. The van der Waals surface area contributed by atoms with Crippen LogP contribution in [0.1, 0.15) is 15.9 Å². The van der Waals surface area contributed by atoms with E-state index in [2.05, 4.69) is 5.32 Å². The molecule has 7 heteroatoms. The van der Waals surface area contributed by atoms with Gasteiger partial charge in [-0.25, -0.2) is 0 Å². The SMILES string of the molecule is O=C(c1ccccc1)c1ccc(Nc2ccc3c(O)cc(S(=O)(=O)O)cc3c2)cc1. The van der Waals surface area contributed by atoms with Crippen LogP contribution in [0.5, 0.6) is 5.75 Å². The van der Waals surface area contributed by atoms with Crippen molar-refractivity contribution in [3.63, 3.8) is 0 Å². The van der Waals surface area contributed by atoms with Crippen LogP contribution < -0.4 is 5.32 Å². The monoisotopic (exact) mass is 419 g/mol. The number of rotatable bonds is 5. The van der Waals surface area contributed by atoms with Crippen molar-refractivity contribution >= 4 is 38.0 Å². The number of phenolic OH excluding ortho intramolecular Hbond substituents is 1. The fourth-order valence-electron chi connectivity index (χ4n) is 3.18. The number of aromatic hydroxyl groups is 1. The standard InChI is InChI=1S/C23H17NO5S/c25-22-14-20(30(27,28)29)13-17-12-19(10-11-21(17)22)24-18-8-6-16(7-9-18)23(26)15-4-2-1-3-5-15/h1-14,24-25H,(H,27,28,29). The summed E-state index contributed by atoms with van der Waals surface area (Å²) >= 11 is 0. The molecule has 3 N–H and O–H groups in total. The van der Waals surface area contributed by atoms with Crippen molar-refractivity contribution in [3.8, 4) is 5.75 Å². The van der Waals surface area contributed by atoms with Gasteiger partial charge in [-0.1, -0.05) is 30.3 Å². The molecule has 4 aromatic rings. The largest absolute Gasteiger partial charge is 0.507 e. The Kier molecular flexibility index (Phi) is 4.99. The van der Waals surface area contributed by atoms with Crippen LogP contribution in [0.25, 0.3) is 10.8 Å². The second-order valence-electron chi connectivity index (χ2n) is 6.75. The summed E-state index contributed by atoms with van der Waals surface area (Å²) in [6.45, 7) is 0. The summed E-state index contributed by atoms with van der Waals surface area (Å²) < 4.78 is 32.0. The molecule has 0 bridgehead atoms. The summed E-state index contributed by atoms with van der Waals surface area (Å²) in [5, 5.41) is 14.1. The van der Waals surface area contributed by atoms with Gasteiger partial charge < -0.3 is 10.4 Å². The third-order valence-corrected chi connectivity index (χ3v) is 5.51. The molecule has 0 heterocycles. The van der Waals surface area contributed by atoms with E-state index in [0.717, 1.165) is 11.8 Å². The van der Waals surface area contributed by atoms with Crippen molar-refractivity contribution < 1.29 is 22.9 Å². The molecule has 4 aromatic carbocycles. The number of hydrogen-bond donors (Lipinski definition) is 3. The number of nitrogens with one attached hydrogen (secondary N) is 1. The van der Waals surface area contributed by atoms with E-state index in [1.165, 1.54) is 6.07 Å². The Bertz CT molecular complexity index is 1350. The topological polar surface area (TPSA) is 104 Å². The third-order valence-electron chi connectivity index (χ3n) is 4.67. The molecule has 4 rings (SSSR count). The Morgan fingerprint density at radius 1 is 0.767 bits per heavy atom. The van der Waals surface area contributed by atoms with Crippen LogP contribution in [0.2, 0.25) is 0 Å². The van der Waals surface area contributed by atoms with E-state index in [9.17, 15) is 22.9 Å². The van der Waals surface area contributed by atoms with Crippen molar-refractivity contribution in [2.45, 2.75) is 4.90 Å². The molecule has 0 unspecified atom stereocenters. The maximum atomic E-state index is 12.5. The number of ketones is 1. The number of hydrogen-bond acceptors (Lipinski definition) is 5. The Hall–Kier alpha value is -3.68. The normalized spacial score (nSPS) is 11.4. The minimum atomic E-state index is -4.44. The van der Waals surface area contributed by atoms with E-state index >= 15 is 0 Å². The van der Waals surface area contributed by atoms with Crippen LogP contribution in [0, 0.1) is 0 Å². The summed E-state index contributed by atoms with van der Waals surface area (Å²) in [5.74, 6) is -0.309.